The minimum atomic E-state index is -0.326. The Balaban J connectivity index is 2.01. The number of nitrogens with zero attached hydrogens (tertiary/aromatic N) is 2. The largest absolute Gasteiger partial charge is 0.370 e. The molecule has 1 aromatic heterocycles. The maximum absolute atomic E-state index is 10.6. The van der Waals surface area contributed by atoms with Gasteiger partial charge in [0.05, 0.1) is 0 Å². The lowest BCUT2D eigenvalue weighted by molar-refractivity contribution is -0.118. The molecule has 5 nitrogen and oxygen atoms in total. The zero-order chi connectivity index (χ0) is 13.0. The second-order valence-electron chi connectivity index (χ2n) is 3.84. The van der Waals surface area contributed by atoms with Crippen molar-refractivity contribution >= 4 is 17.5 Å². The Morgan fingerprint density at radius 2 is 2.06 bits per heavy atom. The molecule has 2 aromatic rings. The fourth-order valence-electron chi connectivity index (χ4n) is 1.49. The van der Waals surface area contributed by atoms with Gasteiger partial charge < -0.3 is 10.3 Å². The van der Waals surface area contributed by atoms with Gasteiger partial charge in [0.15, 0.2) is 0 Å². The highest BCUT2D eigenvalue weighted by atomic mass is 35.5. The van der Waals surface area contributed by atoms with Crippen molar-refractivity contribution < 1.29 is 9.32 Å². The summed E-state index contributed by atoms with van der Waals surface area (Å²) in [5, 5.41) is 4.52. The van der Waals surface area contributed by atoms with E-state index in [4.69, 9.17) is 21.9 Å². The number of rotatable bonds is 5. The van der Waals surface area contributed by atoms with Crippen molar-refractivity contribution in [3.63, 3.8) is 0 Å². The normalized spacial score (nSPS) is 10.5. The van der Waals surface area contributed by atoms with Crippen molar-refractivity contribution in [1.29, 1.82) is 0 Å². The van der Waals surface area contributed by atoms with Gasteiger partial charge in [0, 0.05) is 23.4 Å². The number of benzene rings is 1. The van der Waals surface area contributed by atoms with E-state index in [9.17, 15) is 4.79 Å². The average molecular weight is 266 g/mol. The average Bonchev–Trinajstić information content (AvgIpc) is 2.78. The molecule has 0 aliphatic rings. The molecule has 0 saturated heterocycles. The number of carbonyl (C=O) groups is 1. The highest BCUT2D eigenvalue weighted by Gasteiger charge is 2.08. The summed E-state index contributed by atoms with van der Waals surface area (Å²) >= 11 is 5.79. The van der Waals surface area contributed by atoms with E-state index in [0.717, 1.165) is 5.56 Å². The van der Waals surface area contributed by atoms with E-state index >= 15 is 0 Å². The number of carbonyl (C=O) groups excluding carboxylic acids is 1. The first-order chi connectivity index (χ1) is 8.65. The van der Waals surface area contributed by atoms with E-state index < -0.39 is 0 Å². The summed E-state index contributed by atoms with van der Waals surface area (Å²) in [6.45, 7) is 0. The monoisotopic (exact) mass is 265 g/mol. The Morgan fingerprint density at radius 3 is 2.72 bits per heavy atom. The lowest BCUT2D eigenvalue weighted by Crippen LogP contribution is -2.10. The smallest absolute Gasteiger partial charge is 0.226 e. The number of aromatic nitrogens is 2. The SMILES string of the molecule is NC(=O)CCCc1nc(-c2ccc(Cl)cc2)no1. The Morgan fingerprint density at radius 1 is 1.33 bits per heavy atom. The van der Waals surface area contributed by atoms with Crippen LogP contribution in [0.25, 0.3) is 11.4 Å². The number of primary amides is 1. The maximum Gasteiger partial charge on any atom is 0.226 e. The first-order valence-electron chi connectivity index (χ1n) is 5.52. The molecule has 18 heavy (non-hydrogen) atoms. The molecule has 2 rings (SSSR count). The van der Waals surface area contributed by atoms with Gasteiger partial charge in [-0.1, -0.05) is 16.8 Å². The lowest BCUT2D eigenvalue weighted by atomic mass is 10.2. The molecular weight excluding hydrogens is 254 g/mol. The van der Waals surface area contributed by atoms with Gasteiger partial charge in [0.1, 0.15) is 0 Å². The van der Waals surface area contributed by atoms with Gasteiger partial charge in [-0.2, -0.15) is 4.98 Å². The van der Waals surface area contributed by atoms with Gasteiger partial charge in [0.2, 0.25) is 17.6 Å². The van der Waals surface area contributed by atoms with Gasteiger partial charge in [-0.25, -0.2) is 0 Å². The molecule has 0 aliphatic carbocycles. The van der Waals surface area contributed by atoms with E-state index in [1.807, 2.05) is 12.1 Å². The predicted molar refractivity (Wildman–Crippen MR) is 66.9 cm³/mol. The molecule has 0 aliphatic heterocycles. The second-order valence-corrected chi connectivity index (χ2v) is 4.27. The third kappa shape index (κ3) is 3.30. The summed E-state index contributed by atoms with van der Waals surface area (Å²) in [5.41, 5.74) is 5.89. The van der Waals surface area contributed by atoms with Crippen LogP contribution in [0.5, 0.6) is 0 Å². The fraction of sp³-hybridized carbons (Fsp3) is 0.250. The van der Waals surface area contributed by atoms with Crippen molar-refractivity contribution in [2.75, 3.05) is 0 Å². The van der Waals surface area contributed by atoms with E-state index in [0.29, 0.717) is 36.0 Å². The van der Waals surface area contributed by atoms with E-state index in [1.54, 1.807) is 12.1 Å². The lowest BCUT2D eigenvalue weighted by Gasteiger charge is -1.93. The van der Waals surface area contributed by atoms with Crippen molar-refractivity contribution in [2.24, 2.45) is 5.73 Å². The highest BCUT2D eigenvalue weighted by molar-refractivity contribution is 6.30. The number of hydrogen-bond acceptors (Lipinski definition) is 4. The van der Waals surface area contributed by atoms with Crippen LogP contribution < -0.4 is 5.73 Å². The molecule has 2 N–H and O–H groups in total. The number of halogens is 1. The third-order valence-electron chi connectivity index (χ3n) is 2.38. The molecular formula is C12H12ClN3O2. The zero-order valence-electron chi connectivity index (χ0n) is 9.60. The number of hydrogen-bond donors (Lipinski definition) is 1. The van der Waals surface area contributed by atoms with Crippen LogP contribution in [0, 0.1) is 0 Å². The topological polar surface area (TPSA) is 82.0 Å². The van der Waals surface area contributed by atoms with Gasteiger partial charge in [0.25, 0.3) is 0 Å². The van der Waals surface area contributed by atoms with Crippen LogP contribution in [-0.4, -0.2) is 16.0 Å². The van der Waals surface area contributed by atoms with Crippen LogP contribution in [-0.2, 0) is 11.2 Å². The maximum atomic E-state index is 10.6. The summed E-state index contributed by atoms with van der Waals surface area (Å²) in [5.74, 6) is 0.689. The molecule has 0 atom stereocenters. The predicted octanol–water partition coefficient (Wildman–Crippen LogP) is 2.20. The highest BCUT2D eigenvalue weighted by Crippen LogP contribution is 2.19. The minimum absolute atomic E-state index is 0.318. The Labute approximate surface area is 109 Å². The molecule has 1 amide bonds. The quantitative estimate of drug-likeness (QED) is 0.898. The van der Waals surface area contributed by atoms with Gasteiger partial charge in [-0.15, -0.1) is 0 Å². The first-order valence-corrected chi connectivity index (χ1v) is 5.90. The molecule has 1 heterocycles. The molecule has 0 fully saturated rings. The van der Waals surface area contributed by atoms with Crippen LogP contribution >= 0.6 is 11.6 Å². The Kier molecular flexibility index (Phi) is 3.94. The van der Waals surface area contributed by atoms with Crippen molar-refractivity contribution in [3.8, 4) is 11.4 Å². The number of aryl methyl sites for hydroxylation is 1. The molecule has 0 saturated carbocycles. The van der Waals surface area contributed by atoms with Crippen molar-refractivity contribution in [3.05, 3.63) is 35.2 Å². The van der Waals surface area contributed by atoms with Crippen LogP contribution in [0.3, 0.4) is 0 Å². The summed E-state index contributed by atoms with van der Waals surface area (Å²) in [7, 11) is 0. The third-order valence-corrected chi connectivity index (χ3v) is 2.64. The van der Waals surface area contributed by atoms with Crippen molar-refractivity contribution in [2.45, 2.75) is 19.3 Å². The summed E-state index contributed by atoms with van der Waals surface area (Å²) in [6, 6.07) is 7.17. The van der Waals surface area contributed by atoms with Crippen LogP contribution in [0.15, 0.2) is 28.8 Å². The van der Waals surface area contributed by atoms with E-state index in [2.05, 4.69) is 10.1 Å². The van der Waals surface area contributed by atoms with Crippen LogP contribution in [0.4, 0.5) is 0 Å². The van der Waals surface area contributed by atoms with Crippen LogP contribution in [0.2, 0.25) is 5.02 Å². The summed E-state index contributed by atoms with van der Waals surface area (Å²) in [4.78, 5) is 14.8. The molecule has 0 bridgehead atoms. The standard InChI is InChI=1S/C12H12ClN3O2/c13-9-6-4-8(5-7-9)12-15-11(18-16-12)3-1-2-10(14)17/h4-7H,1-3H2,(H2,14,17). The molecule has 1 aromatic carbocycles. The van der Waals surface area contributed by atoms with E-state index in [-0.39, 0.29) is 5.91 Å². The summed E-state index contributed by atoms with van der Waals surface area (Å²) in [6.07, 6.45) is 1.47. The first kappa shape index (κ1) is 12.6. The molecule has 0 radical (unpaired) electrons. The number of amides is 1. The van der Waals surface area contributed by atoms with Gasteiger partial charge >= 0.3 is 0 Å². The molecule has 0 unspecified atom stereocenters. The number of nitrogens with two attached hydrogens (primary N) is 1. The molecule has 6 heteroatoms. The summed E-state index contributed by atoms with van der Waals surface area (Å²) < 4.78 is 5.08. The Bertz CT molecular complexity index is 537. The van der Waals surface area contributed by atoms with Crippen molar-refractivity contribution in [1.82, 2.24) is 10.1 Å². The fourth-order valence-corrected chi connectivity index (χ4v) is 1.61. The molecule has 0 spiro atoms. The van der Waals surface area contributed by atoms with Crippen LogP contribution in [0.1, 0.15) is 18.7 Å². The molecule has 94 valence electrons. The zero-order valence-corrected chi connectivity index (χ0v) is 10.4. The second kappa shape index (κ2) is 5.64. The van der Waals surface area contributed by atoms with Gasteiger partial charge in [-0.3, -0.25) is 4.79 Å². The minimum Gasteiger partial charge on any atom is -0.370 e. The Hall–Kier alpha value is -1.88. The van der Waals surface area contributed by atoms with E-state index in [1.165, 1.54) is 0 Å². The van der Waals surface area contributed by atoms with Gasteiger partial charge in [-0.05, 0) is 30.7 Å².